The van der Waals surface area contributed by atoms with Gasteiger partial charge < -0.3 is 10.1 Å². The first-order chi connectivity index (χ1) is 14.8. The molecule has 0 saturated heterocycles. The van der Waals surface area contributed by atoms with Crippen LogP contribution >= 0.6 is 11.6 Å². The van der Waals surface area contributed by atoms with Crippen LogP contribution in [0.4, 0.5) is 13.2 Å². The van der Waals surface area contributed by atoms with E-state index in [1.54, 1.807) is 12.1 Å². The van der Waals surface area contributed by atoms with E-state index >= 15 is 0 Å². The van der Waals surface area contributed by atoms with Crippen molar-refractivity contribution in [2.45, 2.75) is 48.5 Å². The molecule has 32 heavy (non-hydrogen) atoms. The predicted molar refractivity (Wildman–Crippen MR) is 115 cm³/mol. The molecule has 3 rings (SSSR count). The van der Waals surface area contributed by atoms with Crippen molar-refractivity contribution < 1.29 is 31.1 Å². The summed E-state index contributed by atoms with van der Waals surface area (Å²) in [5.74, 6) is -0.267. The summed E-state index contributed by atoms with van der Waals surface area (Å²) in [6.45, 7) is 3.01. The molecule has 174 valence electrons. The van der Waals surface area contributed by atoms with Crippen LogP contribution in [0.1, 0.15) is 42.6 Å². The summed E-state index contributed by atoms with van der Waals surface area (Å²) in [6, 6.07) is 8.13. The number of benzene rings is 2. The van der Waals surface area contributed by atoms with Crippen molar-refractivity contribution in [3.05, 3.63) is 58.6 Å². The van der Waals surface area contributed by atoms with Gasteiger partial charge in [0.25, 0.3) is 5.91 Å². The number of hydrogen-bond acceptors (Lipinski definition) is 4. The van der Waals surface area contributed by atoms with Gasteiger partial charge in [0.15, 0.2) is 9.84 Å². The molecule has 1 saturated carbocycles. The van der Waals surface area contributed by atoms with Gasteiger partial charge in [0.1, 0.15) is 5.75 Å². The maximum absolute atomic E-state index is 13.1. The average Bonchev–Trinajstić information content (AvgIpc) is 2.68. The van der Waals surface area contributed by atoms with Crippen LogP contribution in [0.3, 0.4) is 0 Å². The van der Waals surface area contributed by atoms with Crippen molar-refractivity contribution >= 4 is 27.3 Å². The first-order valence-corrected chi connectivity index (χ1v) is 11.7. The normalized spacial score (nSPS) is 19.2. The fourth-order valence-corrected chi connectivity index (χ4v) is 5.75. The smallest absolute Gasteiger partial charge is 0.416 e. The maximum Gasteiger partial charge on any atom is 0.416 e. The van der Waals surface area contributed by atoms with Gasteiger partial charge in [0.2, 0.25) is 0 Å². The number of alkyl halides is 3. The van der Waals surface area contributed by atoms with Gasteiger partial charge in [0.05, 0.1) is 22.3 Å². The minimum Gasteiger partial charge on any atom is -0.497 e. The highest BCUT2D eigenvalue weighted by molar-refractivity contribution is 7.92. The Kier molecular flexibility index (Phi) is 6.55. The van der Waals surface area contributed by atoms with E-state index in [9.17, 15) is 26.4 Å². The molecule has 1 aliphatic rings. The van der Waals surface area contributed by atoms with E-state index in [0.29, 0.717) is 35.2 Å². The van der Waals surface area contributed by atoms with Gasteiger partial charge in [-0.2, -0.15) is 13.2 Å². The molecule has 5 nitrogen and oxygen atoms in total. The molecule has 2 aromatic carbocycles. The van der Waals surface area contributed by atoms with Crippen LogP contribution in [0, 0.1) is 5.92 Å². The number of methoxy groups -OCH3 is 1. The Morgan fingerprint density at radius 2 is 1.78 bits per heavy atom. The van der Waals surface area contributed by atoms with Crippen molar-refractivity contribution in [1.29, 1.82) is 0 Å². The number of sulfone groups is 1. The Labute approximate surface area is 189 Å². The second-order valence-corrected chi connectivity index (χ2v) is 11.3. The SMILES string of the molecule is COc1cc(Cl)cc(C(=O)NC2CC(C(C)(C)S(=O)(=O)c3cccc(C(F)(F)F)c3)C2)c1. The molecule has 0 spiro atoms. The quantitative estimate of drug-likeness (QED) is 0.610. The second-order valence-electron chi connectivity index (χ2n) is 8.35. The third-order valence-electron chi connectivity index (χ3n) is 5.99. The zero-order valence-corrected chi connectivity index (χ0v) is 19.2. The van der Waals surface area contributed by atoms with Gasteiger partial charge in [-0.25, -0.2) is 8.42 Å². The lowest BCUT2D eigenvalue weighted by atomic mass is 9.73. The summed E-state index contributed by atoms with van der Waals surface area (Å²) >= 11 is 5.99. The molecule has 0 heterocycles. The number of carbonyl (C=O) groups is 1. The first-order valence-electron chi connectivity index (χ1n) is 9.83. The molecule has 0 atom stereocenters. The largest absolute Gasteiger partial charge is 0.497 e. The van der Waals surface area contributed by atoms with Gasteiger partial charge in [-0.15, -0.1) is 0 Å². The van der Waals surface area contributed by atoms with E-state index in [4.69, 9.17) is 16.3 Å². The zero-order chi connectivity index (χ0) is 23.9. The van der Waals surface area contributed by atoms with Crippen molar-refractivity contribution in [3.8, 4) is 5.75 Å². The molecule has 10 heteroatoms. The molecule has 0 radical (unpaired) electrons. The summed E-state index contributed by atoms with van der Waals surface area (Å²) in [7, 11) is -2.59. The third-order valence-corrected chi connectivity index (χ3v) is 8.80. The lowest BCUT2D eigenvalue weighted by Gasteiger charge is -2.45. The zero-order valence-electron chi connectivity index (χ0n) is 17.7. The number of ether oxygens (including phenoxy) is 1. The van der Waals surface area contributed by atoms with Crippen LogP contribution in [-0.4, -0.2) is 32.2 Å². The Morgan fingerprint density at radius 1 is 1.12 bits per heavy atom. The maximum atomic E-state index is 13.1. The highest BCUT2D eigenvalue weighted by Crippen LogP contribution is 2.44. The Balaban J connectivity index is 1.70. The van der Waals surface area contributed by atoms with Crippen LogP contribution in [0.15, 0.2) is 47.4 Å². The molecule has 0 unspecified atom stereocenters. The second kappa shape index (κ2) is 8.59. The molecule has 0 bridgehead atoms. The number of rotatable bonds is 6. The molecule has 1 N–H and O–H groups in total. The molecular formula is C22H23ClF3NO4S. The highest BCUT2D eigenvalue weighted by Gasteiger charge is 2.49. The van der Waals surface area contributed by atoms with Crippen molar-refractivity contribution in [3.63, 3.8) is 0 Å². The molecule has 1 aliphatic carbocycles. The third kappa shape index (κ3) is 4.73. The van der Waals surface area contributed by atoms with Crippen LogP contribution < -0.4 is 10.1 Å². The fraction of sp³-hybridized carbons (Fsp3) is 0.409. The minimum atomic E-state index is -4.63. The summed E-state index contributed by atoms with van der Waals surface area (Å²) in [5.41, 5.74) is -0.696. The summed E-state index contributed by atoms with van der Waals surface area (Å²) in [6.07, 6.45) is -3.87. The average molecular weight is 490 g/mol. The number of nitrogens with one attached hydrogen (secondary N) is 1. The van der Waals surface area contributed by atoms with Crippen molar-refractivity contribution in [1.82, 2.24) is 5.32 Å². The standard InChI is InChI=1S/C22H23ClF3NO4S/c1-21(2,32(29,30)19-6-4-5-14(11-19)22(24,25)26)15-9-17(10-15)27-20(28)13-7-16(23)12-18(8-13)31-3/h4-8,11-12,15,17H,9-10H2,1-3H3,(H,27,28). The number of carbonyl (C=O) groups excluding carboxylic acids is 1. The Morgan fingerprint density at radius 3 is 2.38 bits per heavy atom. The van der Waals surface area contributed by atoms with Crippen LogP contribution in [0.5, 0.6) is 5.75 Å². The minimum absolute atomic E-state index is 0.256. The van der Waals surface area contributed by atoms with E-state index in [0.717, 1.165) is 12.1 Å². The van der Waals surface area contributed by atoms with Gasteiger partial charge in [-0.05, 0) is 69.0 Å². The fourth-order valence-electron chi connectivity index (χ4n) is 3.75. The number of hydrogen-bond donors (Lipinski definition) is 1. The topological polar surface area (TPSA) is 72.5 Å². The van der Waals surface area contributed by atoms with Gasteiger partial charge >= 0.3 is 6.18 Å². The van der Waals surface area contributed by atoms with Gasteiger partial charge in [-0.1, -0.05) is 17.7 Å². The van der Waals surface area contributed by atoms with Crippen molar-refractivity contribution in [2.75, 3.05) is 7.11 Å². The molecular weight excluding hydrogens is 467 g/mol. The van der Waals surface area contributed by atoms with Gasteiger partial charge in [0, 0.05) is 16.6 Å². The van der Waals surface area contributed by atoms with E-state index in [1.165, 1.54) is 33.1 Å². The number of halogens is 4. The Bertz CT molecular complexity index is 1130. The van der Waals surface area contributed by atoms with Crippen LogP contribution in [0.2, 0.25) is 5.02 Å². The van der Waals surface area contributed by atoms with Crippen molar-refractivity contribution in [2.24, 2.45) is 5.92 Å². The highest BCUT2D eigenvalue weighted by atomic mass is 35.5. The van der Waals surface area contributed by atoms with E-state index in [2.05, 4.69) is 5.32 Å². The van der Waals surface area contributed by atoms with Gasteiger partial charge in [-0.3, -0.25) is 4.79 Å². The summed E-state index contributed by atoms with van der Waals surface area (Å²) in [4.78, 5) is 12.2. The summed E-state index contributed by atoms with van der Waals surface area (Å²) < 4.78 is 69.1. The molecule has 1 fully saturated rings. The van der Waals surface area contributed by atoms with Crippen LogP contribution in [-0.2, 0) is 16.0 Å². The summed E-state index contributed by atoms with van der Waals surface area (Å²) in [5, 5.41) is 3.18. The molecule has 0 aliphatic heterocycles. The Hall–Kier alpha value is -2.26. The molecule has 2 aromatic rings. The molecule has 0 aromatic heterocycles. The lowest BCUT2D eigenvalue weighted by Crippen LogP contribution is -2.53. The van der Waals surface area contributed by atoms with E-state index < -0.39 is 26.3 Å². The first kappa shape index (κ1) is 24.4. The molecule has 1 amide bonds. The monoisotopic (exact) mass is 489 g/mol. The number of amides is 1. The van der Waals surface area contributed by atoms with E-state index in [1.807, 2.05) is 0 Å². The predicted octanol–water partition coefficient (Wildman–Crippen LogP) is 5.13. The lowest BCUT2D eigenvalue weighted by molar-refractivity contribution is -0.137. The van der Waals surface area contributed by atoms with E-state index in [-0.39, 0.29) is 22.8 Å². The van der Waals surface area contributed by atoms with Crippen LogP contribution in [0.25, 0.3) is 0 Å².